The molecule has 0 rings (SSSR count). The van der Waals surface area contributed by atoms with Gasteiger partial charge in [0, 0.05) is 13.1 Å². The van der Waals surface area contributed by atoms with E-state index in [2.05, 4.69) is 20.4 Å². The van der Waals surface area contributed by atoms with E-state index in [1.807, 2.05) is 4.90 Å². The Hall–Kier alpha value is -0.790. The van der Waals surface area contributed by atoms with Crippen molar-refractivity contribution in [3.63, 3.8) is 0 Å². The average molecular weight is 352 g/mol. The zero-order chi connectivity index (χ0) is 18.6. The Morgan fingerprint density at radius 1 is 0.640 bits per heavy atom. The molecule has 0 radical (unpaired) electrons. The van der Waals surface area contributed by atoms with Crippen LogP contribution in [0.3, 0.4) is 0 Å². The van der Waals surface area contributed by atoms with Gasteiger partial charge in [-0.15, -0.1) is 0 Å². The maximum absolute atomic E-state index is 11.8. The molecule has 0 unspecified atom stereocenters. The topological polar surface area (TPSA) is 20.3 Å². The van der Waals surface area contributed by atoms with Crippen molar-refractivity contribution >= 4 is 5.91 Å². The van der Waals surface area contributed by atoms with Gasteiger partial charge in [0.2, 0.25) is 5.91 Å². The number of carbonyl (C=O) groups excluding carboxylic acids is 1. The summed E-state index contributed by atoms with van der Waals surface area (Å²) >= 11 is 0. The van der Waals surface area contributed by atoms with Gasteiger partial charge in [-0.2, -0.15) is 0 Å². The SMILES string of the molecule is C=CC(=O)N(CCCC)CCCCCCCCCCCCCCCC. The van der Waals surface area contributed by atoms with E-state index in [4.69, 9.17) is 0 Å². The van der Waals surface area contributed by atoms with Crippen LogP contribution < -0.4 is 0 Å². The number of hydrogen-bond acceptors (Lipinski definition) is 1. The third-order valence-corrected chi connectivity index (χ3v) is 5.05. The summed E-state index contributed by atoms with van der Waals surface area (Å²) < 4.78 is 0. The molecule has 0 bridgehead atoms. The first kappa shape index (κ1) is 24.2. The van der Waals surface area contributed by atoms with E-state index in [1.165, 1.54) is 89.5 Å². The molecule has 0 aromatic rings. The number of unbranched alkanes of at least 4 members (excludes halogenated alkanes) is 14. The van der Waals surface area contributed by atoms with Gasteiger partial charge < -0.3 is 4.90 Å². The molecule has 0 saturated heterocycles. The molecule has 0 atom stereocenters. The predicted octanol–water partition coefficient (Wildman–Crippen LogP) is 7.28. The molecule has 0 aliphatic rings. The Morgan fingerprint density at radius 2 is 1.00 bits per heavy atom. The van der Waals surface area contributed by atoms with Crippen LogP contribution in [0.1, 0.15) is 117 Å². The number of rotatable bonds is 19. The third kappa shape index (κ3) is 16.4. The van der Waals surface area contributed by atoms with Gasteiger partial charge >= 0.3 is 0 Å². The Balaban J connectivity index is 3.36. The average Bonchev–Trinajstić information content (AvgIpc) is 2.63. The number of carbonyl (C=O) groups is 1. The lowest BCUT2D eigenvalue weighted by molar-refractivity contribution is -0.126. The van der Waals surface area contributed by atoms with Crippen LogP contribution in [0.25, 0.3) is 0 Å². The molecule has 0 saturated carbocycles. The molecule has 0 aliphatic heterocycles. The largest absolute Gasteiger partial charge is 0.339 e. The molecule has 1 amide bonds. The first-order valence-electron chi connectivity index (χ1n) is 11.2. The number of nitrogens with zero attached hydrogens (tertiary/aromatic N) is 1. The molecule has 0 aliphatic carbocycles. The van der Waals surface area contributed by atoms with Crippen LogP contribution in [0.2, 0.25) is 0 Å². The summed E-state index contributed by atoms with van der Waals surface area (Å²) in [7, 11) is 0. The molecule has 0 N–H and O–H groups in total. The minimum atomic E-state index is 0.100. The van der Waals surface area contributed by atoms with Crippen molar-refractivity contribution in [3.05, 3.63) is 12.7 Å². The van der Waals surface area contributed by atoms with E-state index in [1.54, 1.807) is 0 Å². The molecule has 0 aromatic heterocycles. The van der Waals surface area contributed by atoms with E-state index < -0.39 is 0 Å². The predicted molar refractivity (Wildman–Crippen MR) is 112 cm³/mol. The highest BCUT2D eigenvalue weighted by Gasteiger charge is 2.08. The Labute approximate surface area is 158 Å². The van der Waals surface area contributed by atoms with Crippen molar-refractivity contribution < 1.29 is 4.79 Å². The van der Waals surface area contributed by atoms with Crippen LogP contribution in [0.15, 0.2) is 12.7 Å². The van der Waals surface area contributed by atoms with Gasteiger partial charge in [0.15, 0.2) is 0 Å². The first-order valence-corrected chi connectivity index (χ1v) is 11.2. The Bertz CT molecular complexity index is 300. The second kappa shape index (κ2) is 19.5. The van der Waals surface area contributed by atoms with E-state index in [9.17, 15) is 4.79 Å². The van der Waals surface area contributed by atoms with E-state index in [0.29, 0.717) is 0 Å². The van der Waals surface area contributed by atoms with E-state index in [-0.39, 0.29) is 5.91 Å². The third-order valence-electron chi connectivity index (χ3n) is 5.05. The minimum absolute atomic E-state index is 0.100. The van der Waals surface area contributed by atoms with Crippen LogP contribution >= 0.6 is 0 Å². The fourth-order valence-corrected chi connectivity index (χ4v) is 3.31. The van der Waals surface area contributed by atoms with Gasteiger partial charge in [-0.05, 0) is 18.9 Å². The van der Waals surface area contributed by atoms with Crippen LogP contribution in [-0.2, 0) is 4.79 Å². The lowest BCUT2D eigenvalue weighted by atomic mass is 10.0. The lowest BCUT2D eigenvalue weighted by Crippen LogP contribution is -2.31. The van der Waals surface area contributed by atoms with Gasteiger partial charge in [0.05, 0.1) is 0 Å². The van der Waals surface area contributed by atoms with Crippen molar-refractivity contribution in [2.75, 3.05) is 13.1 Å². The Kier molecular flexibility index (Phi) is 18.9. The molecule has 0 aromatic carbocycles. The van der Waals surface area contributed by atoms with Gasteiger partial charge in [0.25, 0.3) is 0 Å². The van der Waals surface area contributed by atoms with E-state index >= 15 is 0 Å². The minimum Gasteiger partial charge on any atom is -0.339 e. The summed E-state index contributed by atoms with van der Waals surface area (Å²) in [5.41, 5.74) is 0. The summed E-state index contributed by atoms with van der Waals surface area (Å²) in [6.07, 6.45) is 22.9. The second-order valence-corrected chi connectivity index (χ2v) is 7.48. The van der Waals surface area contributed by atoms with Crippen molar-refractivity contribution in [3.8, 4) is 0 Å². The second-order valence-electron chi connectivity index (χ2n) is 7.48. The van der Waals surface area contributed by atoms with Crippen molar-refractivity contribution in [2.45, 2.75) is 117 Å². The van der Waals surface area contributed by atoms with Gasteiger partial charge in [-0.1, -0.05) is 110 Å². The zero-order valence-corrected chi connectivity index (χ0v) is 17.4. The number of amides is 1. The van der Waals surface area contributed by atoms with Crippen molar-refractivity contribution in [2.24, 2.45) is 0 Å². The molecular weight excluding hydrogens is 306 g/mol. The van der Waals surface area contributed by atoms with Crippen molar-refractivity contribution in [1.82, 2.24) is 4.90 Å². The molecule has 0 fully saturated rings. The van der Waals surface area contributed by atoms with E-state index in [0.717, 1.165) is 32.4 Å². The van der Waals surface area contributed by atoms with Gasteiger partial charge in [-0.25, -0.2) is 0 Å². The maximum atomic E-state index is 11.8. The summed E-state index contributed by atoms with van der Waals surface area (Å²) in [5, 5.41) is 0. The highest BCUT2D eigenvalue weighted by Crippen LogP contribution is 2.13. The zero-order valence-electron chi connectivity index (χ0n) is 17.4. The first-order chi connectivity index (χ1) is 12.3. The normalized spacial score (nSPS) is 10.8. The Morgan fingerprint density at radius 3 is 1.40 bits per heavy atom. The van der Waals surface area contributed by atoms with Gasteiger partial charge in [-0.3, -0.25) is 4.79 Å². The highest BCUT2D eigenvalue weighted by atomic mass is 16.2. The fraction of sp³-hybridized carbons (Fsp3) is 0.870. The lowest BCUT2D eigenvalue weighted by Gasteiger charge is -2.20. The molecule has 2 nitrogen and oxygen atoms in total. The summed E-state index contributed by atoms with van der Waals surface area (Å²) in [4.78, 5) is 13.8. The maximum Gasteiger partial charge on any atom is 0.245 e. The fourth-order valence-electron chi connectivity index (χ4n) is 3.31. The van der Waals surface area contributed by atoms with Gasteiger partial charge in [0.1, 0.15) is 0 Å². The van der Waals surface area contributed by atoms with Crippen LogP contribution in [0, 0.1) is 0 Å². The summed E-state index contributed by atoms with van der Waals surface area (Å²) in [5.74, 6) is 0.100. The molecular formula is C23H45NO. The highest BCUT2D eigenvalue weighted by molar-refractivity contribution is 5.86. The molecule has 0 spiro atoms. The summed E-state index contributed by atoms with van der Waals surface area (Å²) in [6, 6.07) is 0. The van der Waals surface area contributed by atoms with Crippen LogP contribution in [0.5, 0.6) is 0 Å². The van der Waals surface area contributed by atoms with Crippen molar-refractivity contribution in [1.29, 1.82) is 0 Å². The molecule has 148 valence electrons. The molecule has 25 heavy (non-hydrogen) atoms. The summed E-state index contributed by atoms with van der Waals surface area (Å²) in [6.45, 7) is 9.86. The van der Waals surface area contributed by atoms with Crippen LogP contribution in [-0.4, -0.2) is 23.9 Å². The monoisotopic (exact) mass is 351 g/mol. The standard InChI is InChI=1S/C23H45NO/c1-4-7-9-10-11-12-13-14-15-16-17-18-19-20-22-24(21-8-5-2)23(25)6-3/h6H,3-5,7-22H2,1-2H3. The smallest absolute Gasteiger partial charge is 0.245 e. The van der Waals surface area contributed by atoms with Crippen LogP contribution in [0.4, 0.5) is 0 Å². The molecule has 0 heterocycles. The number of hydrogen-bond donors (Lipinski definition) is 0. The quantitative estimate of drug-likeness (QED) is 0.177. The molecule has 2 heteroatoms.